The number of hydrogen-bond donors (Lipinski definition) is 2. The van der Waals surface area contributed by atoms with E-state index < -0.39 is 12.2 Å². The van der Waals surface area contributed by atoms with E-state index in [1.165, 1.54) is 4.90 Å². The molecule has 0 unspecified atom stereocenters. The number of likely N-dealkylation sites (tertiary alicyclic amines) is 1. The molecule has 0 radical (unpaired) electrons. The molecule has 1 amide bonds. The first kappa shape index (κ1) is 11.6. The normalized spacial score (nSPS) is 24.8. The van der Waals surface area contributed by atoms with Crippen molar-refractivity contribution in [1.82, 2.24) is 4.90 Å². The standard InChI is InChI=1S/C11H12BrNO3/c12-8-3-1-2-7(4-8)11(16)13-5-9(14)10(15)6-13/h1-4,9-10,14-15H,5-6H2/t9-,10+. The summed E-state index contributed by atoms with van der Waals surface area (Å²) in [6.07, 6.45) is -1.67. The minimum Gasteiger partial charge on any atom is -0.388 e. The Bertz CT molecular complexity index is 400. The first-order valence-electron chi connectivity index (χ1n) is 4.99. The van der Waals surface area contributed by atoms with Gasteiger partial charge in [-0.1, -0.05) is 22.0 Å². The van der Waals surface area contributed by atoms with Crippen LogP contribution in [0.1, 0.15) is 10.4 Å². The number of rotatable bonds is 1. The predicted molar refractivity (Wildman–Crippen MR) is 62.1 cm³/mol. The SMILES string of the molecule is O=C(c1cccc(Br)c1)N1C[C@@H](O)[C@@H](O)C1. The van der Waals surface area contributed by atoms with Gasteiger partial charge in [-0.25, -0.2) is 0 Å². The molecule has 1 heterocycles. The topological polar surface area (TPSA) is 60.8 Å². The second-order valence-corrected chi connectivity index (χ2v) is 4.77. The summed E-state index contributed by atoms with van der Waals surface area (Å²) in [5.74, 6) is -0.170. The Labute approximate surface area is 102 Å². The molecule has 2 N–H and O–H groups in total. The van der Waals surface area contributed by atoms with E-state index in [-0.39, 0.29) is 19.0 Å². The monoisotopic (exact) mass is 285 g/mol. The maximum Gasteiger partial charge on any atom is 0.254 e. The van der Waals surface area contributed by atoms with Gasteiger partial charge in [0.15, 0.2) is 0 Å². The van der Waals surface area contributed by atoms with E-state index in [0.29, 0.717) is 5.56 Å². The van der Waals surface area contributed by atoms with E-state index >= 15 is 0 Å². The van der Waals surface area contributed by atoms with Crippen LogP contribution in [0.15, 0.2) is 28.7 Å². The molecule has 5 heteroatoms. The van der Waals surface area contributed by atoms with E-state index in [2.05, 4.69) is 15.9 Å². The van der Waals surface area contributed by atoms with Gasteiger partial charge in [-0.3, -0.25) is 4.79 Å². The zero-order valence-corrected chi connectivity index (χ0v) is 10.1. The van der Waals surface area contributed by atoms with Crippen LogP contribution in [0.3, 0.4) is 0 Å². The van der Waals surface area contributed by atoms with Gasteiger partial charge in [0.25, 0.3) is 5.91 Å². The second kappa shape index (κ2) is 4.53. The average molecular weight is 286 g/mol. The van der Waals surface area contributed by atoms with Gasteiger partial charge in [0.05, 0.1) is 12.2 Å². The molecule has 16 heavy (non-hydrogen) atoms. The minimum absolute atomic E-state index is 0.170. The third-order valence-corrected chi connectivity index (χ3v) is 3.11. The van der Waals surface area contributed by atoms with Crippen LogP contribution >= 0.6 is 15.9 Å². The van der Waals surface area contributed by atoms with Crippen LogP contribution in [-0.4, -0.2) is 46.3 Å². The summed E-state index contributed by atoms with van der Waals surface area (Å²) < 4.78 is 0.832. The van der Waals surface area contributed by atoms with Gasteiger partial charge in [0.1, 0.15) is 0 Å². The van der Waals surface area contributed by atoms with Crippen molar-refractivity contribution in [3.8, 4) is 0 Å². The first-order chi connectivity index (χ1) is 7.58. The van der Waals surface area contributed by atoms with Crippen LogP contribution in [0.25, 0.3) is 0 Å². The highest BCUT2D eigenvalue weighted by Gasteiger charge is 2.32. The third kappa shape index (κ3) is 2.26. The molecular formula is C11H12BrNO3. The number of carbonyl (C=O) groups is 1. The van der Waals surface area contributed by atoms with Gasteiger partial charge in [0.2, 0.25) is 0 Å². The molecule has 1 aliphatic heterocycles. The third-order valence-electron chi connectivity index (χ3n) is 2.62. The average Bonchev–Trinajstić information content (AvgIpc) is 2.58. The van der Waals surface area contributed by atoms with Crippen LogP contribution < -0.4 is 0 Å². The first-order valence-corrected chi connectivity index (χ1v) is 5.78. The quantitative estimate of drug-likeness (QED) is 0.796. The largest absolute Gasteiger partial charge is 0.388 e. The minimum atomic E-state index is -0.837. The van der Waals surface area contributed by atoms with E-state index in [0.717, 1.165) is 4.47 Å². The number of hydrogen-bond acceptors (Lipinski definition) is 3. The summed E-state index contributed by atoms with van der Waals surface area (Å²) in [5.41, 5.74) is 0.552. The molecule has 1 aliphatic rings. The van der Waals surface area contributed by atoms with Gasteiger partial charge in [-0.05, 0) is 18.2 Å². The van der Waals surface area contributed by atoms with Crippen molar-refractivity contribution in [3.05, 3.63) is 34.3 Å². The molecule has 0 bridgehead atoms. The molecule has 86 valence electrons. The molecule has 1 aromatic carbocycles. The van der Waals surface area contributed by atoms with E-state index in [1.54, 1.807) is 18.2 Å². The van der Waals surface area contributed by atoms with Crippen LogP contribution in [-0.2, 0) is 0 Å². The number of β-amino-alcohol motifs (C(OH)–C–C–N with tert-alkyl or cyclic N) is 2. The highest BCUT2D eigenvalue weighted by molar-refractivity contribution is 9.10. The van der Waals surface area contributed by atoms with Crippen molar-refractivity contribution >= 4 is 21.8 Å². The zero-order chi connectivity index (χ0) is 11.7. The maximum atomic E-state index is 12.0. The second-order valence-electron chi connectivity index (χ2n) is 3.86. The highest BCUT2D eigenvalue weighted by Crippen LogP contribution is 2.17. The lowest BCUT2D eigenvalue weighted by molar-refractivity contribution is 0.0572. The van der Waals surface area contributed by atoms with E-state index in [4.69, 9.17) is 0 Å². The summed E-state index contributed by atoms with van der Waals surface area (Å²) in [5, 5.41) is 18.7. The summed E-state index contributed by atoms with van der Waals surface area (Å²) in [6.45, 7) is 0.374. The summed E-state index contributed by atoms with van der Waals surface area (Å²) in [4.78, 5) is 13.4. The lowest BCUT2D eigenvalue weighted by Crippen LogP contribution is -2.29. The van der Waals surface area contributed by atoms with Crippen molar-refractivity contribution in [2.24, 2.45) is 0 Å². The van der Waals surface area contributed by atoms with Gasteiger partial charge in [0, 0.05) is 23.1 Å². The van der Waals surface area contributed by atoms with Crippen LogP contribution in [0.5, 0.6) is 0 Å². The molecular weight excluding hydrogens is 274 g/mol. The molecule has 0 saturated carbocycles. The Balaban J connectivity index is 2.14. The Morgan fingerprint density at radius 2 is 1.94 bits per heavy atom. The van der Waals surface area contributed by atoms with Crippen LogP contribution in [0.2, 0.25) is 0 Å². The number of amides is 1. The molecule has 0 aliphatic carbocycles. The summed E-state index contributed by atoms with van der Waals surface area (Å²) in [7, 11) is 0. The van der Waals surface area contributed by atoms with E-state index in [1.807, 2.05) is 6.07 Å². The molecule has 0 aromatic heterocycles. The molecule has 0 spiro atoms. The number of benzene rings is 1. The Morgan fingerprint density at radius 1 is 1.31 bits per heavy atom. The number of aliphatic hydroxyl groups is 2. The lowest BCUT2D eigenvalue weighted by Gasteiger charge is -2.15. The van der Waals surface area contributed by atoms with Crippen molar-refractivity contribution in [2.45, 2.75) is 12.2 Å². The predicted octanol–water partition coefficient (Wildman–Crippen LogP) is 0.627. The van der Waals surface area contributed by atoms with Gasteiger partial charge in [-0.2, -0.15) is 0 Å². The molecule has 1 fully saturated rings. The number of nitrogens with zero attached hydrogens (tertiary/aromatic N) is 1. The molecule has 4 nitrogen and oxygen atoms in total. The smallest absolute Gasteiger partial charge is 0.254 e. The summed E-state index contributed by atoms with van der Waals surface area (Å²) in [6, 6.07) is 7.05. The Kier molecular flexibility index (Phi) is 3.28. The molecule has 2 rings (SSSR count). The number of carbonyl (C=O) groups excluding carboxylic acids is 1. The van der Waals surface area contributed by atoms with Crippen molar-refractivity contribution in [1.29, 1.82) is 0 Å². The van der Waals surface area contributed by atoms with Gasteiger partial charge < -0.3 is 15.1 Å². The molecule has 1 saturated heterocycles. The Morgan fingerprint density at radius 3 is 2.50 bits per heavy atom. The van der Waals surface area contributed by atoms with Crippen molar-refractivity contribution < 1.29 is 15.0 Å². The Hall–Kier alpha value is -0.910. The van der Waals surface area contributed by atoms with Gasteiger partial charge >= 0.3 is 0 Å². The number of halogens is 1. The fraction of sp³-hybridized carbons (Fsp3) is 0.364. The fourth-order valence-electron chi connectivity index (χ4n) is 1.74. The van der Waals surface area contributed by atoms with E-state index in [9.17, 15) is 15.0 Å². The van der Waals surface area contributed by atoms with Crippen LogP contribution in [0, 0.1) is 0 Å². The molecule has 2 atom stereocenters. The maximum absolute atomic E-state index is 12.0. The summed E-state index contributed by atoms with van der Waals surface area (Å²) >= 11 is 3.29. The lowest BCUT2D eigenvalue weighted by atomic mass is 10.2. The molecule has 1 aromatic rings. The van der Waals surface area contributed by atoms with Gasteiger partial charge in [-0.15, -0.1) is 0 Å². The number of aliphatic hydroxyl groups excluding tert-OH is 2. The van der Waals surface area contributed by atoms with Crippen LogP contribution in [0.4, 0.5) is 0 Å². The van der Waals surface area contributed by atoms with Crippen molar-refractivity contribution in [3.63, 3.8) is 0 Å². The van der Waals surface area contributed by atoms with Crippen molar-refractivity contribution in [2.75, 3.05) is 13.1 Å². The fourth-order valence-corrected chi connectivity index (χ4v) is 2.14. The zero-order valence-electron chi connectivity index (χ0n) is 8.51. The highest BCUT2D eigenvalue weighted by atomic mass is 79.9.